The molecule has 0 radical (unpaired) electrons. The van der Waals surface area contributed by atoms with E-state index < -0.39 is 0 Å². The molecular weight excluding hydrogens is 314 g/mol. The van der Waals surface area contributed by atoms with E-state index in [4.69, 9.17) is 9.47 Å². The van der Waals surface area contributed by atoms with Crippen LogP contribution in [0.4, 0.5) is 0 Å². The zero-order valence-corrected chi connectivity index (χ0v) is 15.5. The highest BCUT2D eigenvalue weighted by Gasteiger charge is 2.13. The Bertz CT molecular complexity index is 670. The summed E-state index contributed by atoms with van der Waals surface area (Å²) in [7, 11) is 0. The molecule has 2 aromatic carbocycles. The van der Waals surface area contributed by atoms with Crippen molar-refractivity contribution in [3.05, 3.63) is 59.7 Å². The molecule has 0 saturated heterocycles. The van der Waals surface area contributed by atoms with Gasteiger partial charge in [0.15, 0.2) is 6.61 Å². The lowest BCUT2D eigenvalue weighted by Crippen LogP contribution is -2.32. The van der Waals surface area contributed by atoms with Crippen molar-refractivity contribution in [3.8, 4) is 11.5 Å². The Balaban J connectivity index is 1.66. The molecule has 2 aromatic rings. The van der Waals surface area contributed by atoms with Crippen LogP contribution in [0.1, 0.15) is 31.9 Å². The maximum absolute atomic E-state index is 11.8. The van der Waals surface area contributed by atoms with Crippen molar-refractivity contribution in [1.82, 2.24) is 5.32 Å². The van der Waals surface area contributed by atoms with Gasteiger partial charge in [-0.25, -0.2) is 0 Å². The molecule has 0 saturated carbocycles. The Morgan fingerprint density at radius 1 is 0.920 bits per heavy atom. The Kier molecular flexibility index (Phi) is 6.45. The minimum Gasteiger partial charge on any atom is -0.492 e. The summed E-state index contributed by atoms with van der Waals surface area (Å²) in [5.41, 5.74) is 2.53. The summed E-state index contributed by atoms with van der Waals surface area (Å²) in [4.78, 5) is 11.8. The highest BCUT2D eigenvalue weighted by molar-refractivity contribution is 5.77. The van der Waals surface area contributed by atoms with Gasteiger partial charge in [-0.15, -0.1) is 0 Å². The van der Waals surface area contributed by atoms with E-state index >= 15 is 0 Å². The van der Waals surface area contributed by atoms with Gasteiger partial charge in [0.25, 0.3) is 5.91 Å². The molecule has 2 rings (SSSR count). The molecule has 4 nitrogen and oxygen atoms in total. The summed E-state index contributed by atoms with van der Waals surface area (Å²) in [6.07, 6.45) is 0. The molecular formula is C21H27NO3. The van der Waals surface area contributed by atoms with Crippen molar-refractivity contribution in [2.75, 3.05) is 19.8 Å². The molecule has 0 spiro atoms. The van der Waals surface area contributed by atoms with Crippen molar-refractivity contribution in [2.24, 2.45) is 0 Å². The fourth-order valence-corrected chi connectivity index (χ4v) is 2.24. The summed E-state index contributed by atoms with van der Waals surface area (Å²) in [6.45, 7) is 9.38. The summed E-state index contributed by atoms with van der Waals surface area (Å²) in [5, 5.41) is 2.78. The average Bonchev–Trinajstić information content (AvgIpc) is 2.58. The molecule has 1 N–H and O–H groups in total. The predicted octanol–water partition coefficient (Wildman–Crippen LogP) is 3.87. The highest BCUT2D eigenvalue weighted by Crippen LogP contribution is 2.24. The number of nitrogens with one attached hydrogen (secondary N) is 1. The monoisotopic (exact) mass is 341 g/mol. The maximum Gasteiger partial charge on any atom is 0.258 e. The van der Waals surface area contributed by atoms with Crippen molar-refractivity contribution in [1.29, 1.82) is 0 Å². The first-order valence-electron chi connectivity index (χ1n) is 8.54. The molecule has 0 aromatic heterocycles. The van der Waals surface area contributed by atoms with E-state index in [1.807, 2.05) is 55.5 Å². The summed E-state index contributed by atoms with van der Waals surface area (Å²) in [6, 6.07) is 15.7. The second kappa shape index (κ2) is 8.56. The number of aryl methyl sites for hydroxylation is 1. The van der Waals surface area contributed by atoms with Gasteiger partial charge in [0.2, 0.25) is 0 Å². The SMILES string of the molecule is Cc1ccc(OCCNC(=O)COc2ccc(C(C)(C)C)cc2)cc1. The molecule has 0 aliphatic carbocycles. The lowest BCUT2D eigenvalue weighted by molar-refractivity contribution is -0.123. The van der Waals surface area contributed by atoms with E-state index in [9.17, 15) is 4.79 Å². The standard InChI is InChI=1S/C21H27NO3/c1-16-5-9-18(10-6-16)24-14-13-22-20(23)15-25-19-11-7-17(8-12-19)21(2,3)4/h5-12H,13-15H2,1-4H3,(H,22,23). The molecule has 0 aliphatic heterocycles. The summed E-state index contributed by atoms with van der Waals surface area (Å²) in [5.74, 6) is 1.33. The van der Waals surface area contributed by atoms with Gasteiger partial charge in [0, 0.05) is 0 Å². The summed E-state index contributed by atoms with van der Waals surface area (Å²) >= 11 is 0. The largest absolute Gasteiger partial charge is 0.492 e. The molecule has 4 heteroatoms. The number of rotatable bonds is 7. The summed E-state index contributed by atoms with van der Waals surface area (Å²) < 4.78 is 11.1. The van der Waals surface area contributed by atoms with Crippen molar-refractivity contribution >= 4 is 5.91 Å². The van der Waals surface area contributed by atoms with Crippen LogP contribution in [0.3, 0.4) is 0 Å². The molecule has 0 aliphatic rings. The number of benzene rings is 2. The van der Waals surface area contributed by atoms with Crippen LogP contribution in [0.2, 0.25) is 0 Å². The fraction of sp³-hybridized carbons (Fsp3) is 0.381. The van der Waals surface area contributed by atoms with E-state index in [1.54, 1.807) is 0 Å². The lowest BCUT2D eigenvalue weighted by Gasteiger charge is -2.19. The predicted molar refractivity (Wildman–Crippen MR) is 100 cm³/mol. The molecule has 25 heavy (non-hydrogen) atoms. The number of carbonyl (C=O) groups is 1. The van der Waals surface area contributed by atoms with E-state index in [-0.39, 0.29) is 17.9 Å². The molecule has 0 bridgehead atoms. The van der Waals surface area contributed by atoms with Crippen LogP contribution < -0.4 is 14.8 Å². The molecule has 0 unspecified atom stereocenters. The van der Waals surface area contributed by atoms with E-state index in [0.717, 1.165) is 5.75 Å². The Labute approximate surface area is 150 Å². The van der Waals surface area contributed by atoms with Crippen molar-refractivity contribution < 1.29 is 14.3 Å². The van der Waals surface area contributed by atoms with Gasteiger partial charge in [-0.3, -0.25) is 4.79 Å². The van der Waals surface area contributed by atoms with Crippen molar-refractivity contribution in [2.45, 2.75) is 33.1 Å². The van der Waals surface area contributed by atoms with Gasteiger partial charge in [-0.1, -0.05) is 50.6 Å². The zero-order chi connectivity index (χ0) is 18.3. The quantitative estimate of drug-likeness (QED) is 0.778. The number of amides is 1. The average molecular weight is 341 g/mol. The van der Waals surface area contributed by atoms with E-state index in [1.165, 1.54) is 11.1 Å². The smallest absolute Gasteiger partial charge is 0.258 e. The van der Waals surface area contributed by atoms with Crippen LogP contribution in [0.15, 0.2) is 48.5 Å². The van der Waals surface area contributed by atoms with Crippen LogP contribution in [0, 0.1) is 6.92 Å². The van der Waals surface area contributed by atoms with Gasteiger partial charge in [0.1, 0.15) is 18.1 Å². The first-order chi connectivity index (χ1) is 11.8. The number of hydrogen-bond donors (Lipinski definition) is 1. The van der Waals surface area contributed by atoms with Gasteiger partial charge in [-0.2, -0.15) is 0 Å². The van der Waals surface area contributed by atoms with Gasteiger partial charge in [-0.05, 0) is 42.2 Å². The topological polar surface area (TPSA) is 47.6 Å². The van der Waals surface area contributed by atoms with Crippen LogP contribution in [0.25, 0.3) is 0 Å². The third-order valence-electron chi connectivity index (χ3n) is 3.80. The zero-order valence-electron chi connectivity index (χ0n) is 15.5. The molecule has 0 fully saturated rings. The first kappa shape index (κ1) is 18.8. The minimum atomic E-state index is -0.160. The van der Waals surface area contributed by atoms with E-state index in [0.29, 0.717) is 18.9 Å². The van der Waals surface area contributed by atoms with Crippen LogP contribution in [0.5, 0.6) is 11.5 Å². The van der Waals surface area contributed by atoms with Gasteiger partial charge < -0.3 is 14.8 Å². The Morgan fingerprint density at radius 2 is 1.48 bits per heavy atom. The maximum atomic E-state index is 11.8. The Hall–Kier alpha value is -2.49. The molecule has 0 heterocycles. The molecule has 134 valence electrons. The first-order valence-corrected chi connectivity index (χ1v) is 8.54. The van der Waals surface area contributed by atoms with Gasteiger partial charge >= 0.3 is 0 Å². The molecule has 1 amide bonds. The van der Waals surface area contributed by atoms with Crippen LogP contribution >= 0.6 is 0 Å². The highest BCUT2D eigenvalue weighted by atomic mass is 16.5. The molecule has 0 atom stereocenters. The minimum absolute atomic E-state index is 0.000599. The third-order valence-corrected chi connectivity index (χ3v) is 3.80. The van der Waals surface area contributed by atoms with Crippen LogP contribution in [-0.2, 0) is 10.2 Å². The van der Waals surface area contributed by atoms with Crippen molar-refractivity contribution in [3.63, 3.8) is 0 Å². The fourth-order valence-electron chi connectivity index (χ4n) is 2.24. The second-order valence-electron chi connectivity index (χ2n) is 7.07. The number of ether oxygens (including phenoxy) is 2. The third kappa shape index (κ3) is 6.49. The normalized spacial score (nSPS) is 11.0. The van der Waals surface area contributed by atoms with Crippen LogP contribution in [-0.4, -0.2) is 25.7 Å². The number of hydrogen-bond acceptors (Lipinski definition) is 3. The Morgan fingerprint density at radius 3 is 2.08 bits per heavy atom. The lowest BCUT2D eigenvalue weighted by atomic mass is 9.87. The second-order valence-corrected chi connectivity index (χ2v) is 7.07. The van der Waals surface area contributed by atoms with Gasteiger partial charge in [0.05, 0.1) is 6.54 Å². The van der Waals surface area contributed by atoms with E-state index in [2.05, 4.69) is 26.1 Å². The number of carbonyl (C=O) groups excluding carboxylic acids is 1.